The molecule has 0 aromatic heterocycles. The number of aryl methyl sites for hydroxylation is 16. The monoisotopic (exact) mass is 1410 g/mol. The molecule has 9 aromatic carbocycles. The summed E-state index contributed by atoms with van der Waals surface area (Å²) >= 11 is 0. The molecule has 0 bridgehead atoms. The van der Waals surface area contributed by atoms with E-state index in [4.69, 9.17) is 0 Å². The lowest BCUT2D eigenvalue weighted by molar-refractivity contribution is 0.566. The van der Waals surface area contributed by atoms with Gasteiger partial charge >= 0.3 is 0 Å². The van der Waals surface area contributed by atoms with Gasteiger partial charge < -0.3 is 0 Å². The van der Waals surface area contributed by atoms with Crippen LogP contribution in [0.5, 0.6) is 0 Å². The van der Waals surface area contributed by atoms with Gasteiger partial charge in [-0.1, -0.05) is 389 Å². The van der Waals surface area contributed by atoms with E-state index in [0.29, 0.717) is 11.8 Å². The van der Waals surface area contributed by atoms with Crippen LogP contribution in [0.2, 0.25) is 50.9 Å². The van der Waals surface area contributed by atoms with E-state index in [9.17, 15) is 0 Å². The molecule has 9 rings (SSSR count). The van der Waals surface area contributed by atoms with E-state index in [1.54, 1.807) is 0 Å². The highest BCUT2D eigenvalue weighted by molar-refractivity contribution is 6.78. The van der Waals surface area contributed by atoms with Gasteiger partial charge in [0.2, 0.25) is 0 Å². The van der Waals surface area contributed by atoms with Crippen molar-refractivity contribution in [3.8, 4) is 0 Å². The molecule has 0 saturated carbocycles. The average Bonchev–Trinajstić information content (AvgIpc) is 0.803. The fourth-order valence-electron chi connectivity index (χ4n) is 10.7. The lowest BCUT2D eigenvalue weighted by Gasteiger charge is -2.26. The second-order valence-corrected chi connectivity index (χ2v) is 46.2. The van der Waals surface area contributed by atoms with Crippen molar-refractivity contribution < 1.29 is 0 Å². The average molecular weight is 1410 g/mol. The van der Waals surface area contributed by atoms with Crippen LogP contribution in [-0.4, -0.2) is 16.1 Å². The van der Waals surface area contributed by atoms with Crippen LogP contribution >= 0.6 is 0 Å². The number of rotatable bonds is 5. The molecule has 102 heavy (non-hydrogen) atoms. The van der Waals surface area contributed by atoms with Crippen molar-refractivity contribution in [3.63, 3.8) is 0 Å². The first-order valence-corrected chi connectivity index (χ1v) is 45.5. The standard InChI is InChI=1S/C15H24.2C11H16.2C10H14.C9H12.2C8H10.C7H18Si.C7H8.C4H12Si/c1-11-8-9-12(14(2,3)4)10-13(11)15(5,6)7;1-8(2)11-7-9(3)5-6-10(11)4;1-9-7-5-6-8-10(9)11(2,3)4;1-7-5-8(2)10(4)9(3)6-7;1-8(2)10-7-5-4-6-9(10)3;1-7-4-5-8(2)9(3)6-7;1-7-3-5-8(2)6-4-7;1-7-5-3-4-6-8(7)2;1-5-8(4,6-2)7-3;1-7-5-3-2-4-6-7;1-5(2,3)4/h8-10H,1-7H3;2*5-8H,1-4H3;5-6H,1-4H3;4-8H,1-3H3;4-6H,1-3H3;2*3-6H,1-2H3;5-7H2,1-4H3;2-6H,1H3;1-4H3. The molecule has 0 aliphatic heterocycles. The Labute approximate surface area is 635 Å². The van der Waals surface area contributed by atoms with E-state index in [2.05, 4.69) is 437 Å². The summed E-state index contributed by atoms with van der Waals surface area (Å²) in [6.07, 6.45) is 0. The molecule has 0 unspecified atom stereocenters. The lowest BCUT2D eigenvalue weighted by atomic mass is 9.79. The Bertz CT molecular complexity index is 3620. The third-order valence-electron chi connectivity index (χ3n) is 18.6. The summed E-state index contributed by atoms with van der Waals surface area (Å²) in [6, 6.07) is 73.1. The van der Waals surface area contributed by atoms with Gasteiger partial charge in [-0.05, 0) is 235 Å². The predicted octanol–water partition coefficient (Wildman–Crippen LogP) is 31.6. The highest BCUT2D eigenvalue weighted by atomic mass is 28.3. The topological polar surface area (TPSA) is 0 Å². The van der Waals surface area contributed by atoms with Crippen molar-refractivity contribution in [2.75, 3.05) is 0 Å². The van der Waals surface area contributed by atoms with Crippen LogP contribution < -0.4 is 0 Å². The molecule has 9 aromatic rings. The Morgan fingerprint density at radius 2 is 0.559 bits per heavy atom. The number of benzene rings is 9. The van der Waals surface area contributed by atoms with Crippen molar-refractivity contribution in [2.45, 2.75) is 307 Å². The Kier molecular flexibility index (Phi) is 46.3. The van der Waals surface area contributed by atoms with E-state index < -0.39 is 16.1 Å². The van der Waals surface area contributed by atoms with Crippen LogP contribution in [0.3, 0.4) is 0 Å². The minimum Gasteiger partial charge on any atom is -0.0697 e. The zero-order valence-electron chi connectivity index (χ0n) is 73.3. The Morgan fingerprint density at radius 3 is 0.853 bits per heavy atom. The van der Waals surface area contributed by atoms with Crippen molar-refractivity contribution in [3.05, 3.63) is 317 Å². The van der Waals surface area contributed by atoms with Gasteiger partial charge in [0.15, 0.2) is 0 Å². The minimum absolute atomic E-state index is 0.241. The van der Waals surface area contributed by atoms with E-state index in [-0.39, 0.29) is 16.2 Å². The van der Waals surface area contributed by atoms with Crippen LogP contribution in [0.1, 0.15) is 245 Å². The van der Waals surface area contributed by atoms with E-state index >= 15 is 0 Å². The molecule has 0 radical (unpaired) electrons. The summed E-state index contributed by atoms with van der Waals surface area (Å²) in [4.78, 5) is 0. The van der Waals surface area contributed by atoms with Gasteiger partial charge in [0.1, 0.15) is 0 Å². The first-order valence-electron chi connectivity index (χ1n) is 38.4. The Hall–Kier alpha value is -6.59. The summed E-state index contributed by atoms with van der Waals surface area (Å²) in [5, 5.41) is 0. The first-order chi connectivity index (χ1) is 46.9. The molecule has 0 aliphatic rings. The molecular formula is C100H154Si2. The quantitative estimate of drug-likeness (QED) is 0.151. The zero-order chi connectivity index (χ0) is 79.1. The molecule has 0 N–H and O–H groups in total. The van der Waals surface area contributed by atoms with Gasteiger partial charge in [-0.15, -0.1) is 0 Å². The van der Waals surface area contributed by atoms with Crippen molar-refractivity contribution in [2.24, 2.45) is 0 Å². The van der Waals surface area contributed by atoms with Crippen LogP contribution in [-0.2, 0) is 16.2 Å². The van der Waals surface area contributed by atoms with Gasteiger partial charge in [0.25, 0.3) is 0 Å². The third-order valence-corrected chi connectivity index (χ3v) is 23.7. The summed E-state index contributed by atoms with van der Waals surface area (Å²) in [5.74, 6) is 1.30. The normalized spacial score (nSPS) is 10.7. The molecule has 0 fully saturated rings. The maximum Gasteiger partial charge on any atom is 0.0496 e. The largest absolute Gasteiger partial charge is 0.0697 e. The van der Waals surface area contributed by atoms with Gasteiger partial charge in [-0.2, -0.15) is 0 Å². The molecular weight excluding hydrogens is 1260 g/mol. The van der Waals surface area contributed by atoms with Gasteiger partial charge in [-0.25, -0.2) is 0 Å². The van der Waals surface area contributed by atoms with E-state index in [0.717, 1.165) is 0 Å². The highest BCUT2D eigenvalue weighted by Crippen LogP contribution is 2.31. The first kappa shape index (κ1) is 97.5. The molecule has 2 heteroatoms. The Balaban J connectivity index is 0. The van der Waals surface area contributed by atoms with E-state index in [1.165, 1.54) is 141 Å². The van der Waals surface area contributed by atoms with Crippen molar-refractivity contribution in [1.29, 1.82) is 0 Å². The van der Waals surface area contributed by atoms with Crippen LogP contribution in [0.25, 0.3) is 0 Å². The molecule has 0 aliphatic carbocycles. The third kappa shape index (κ3) is 44.2. The van der Waals surface area contributed by atoms with E-state index in [1.807, 2.05) is 18.2 Å². The molecule has 0 nitrogen and oxygen atoms in total. The number of hydrogen-bond donors (Lipinski definition) is 0. The molecule has 562 valence electrons. The molecule has 0 spiro atoms. The molecule has 0 atom stereocenters. The van der Waals surface area contributed by atoms with Crippen LogP contribution in [0.15, 0.2) is 194 Å². The maximum absolute atomic E-state index is 2.49. The Morgan fingerprint density at radius 1 is 0.255 bits per heavy atom. The van der Waals surface area contributed by atoms with Crippen LogP contribution in [0, 0.1) is 118 Å². The van der Waals surface area contributed by atoms with Crippen LogP contribution in [0.4, 0.5) is 0 Å². The minimum atomic E-state index is -0.671. The fraction of sp³-hybridized carbons (Fsp3) is 0.460. The smallest absolute Gasteiger partial charge is 0.0496 e. The van der Waals surface area contributed by atoms with Gasteiger partial charge in [0, 0.05) is 16.1 Å². The molecule has 0 heterocycles. The van der Waals surface area contributed by atoms with Crippen molar-refractivity contribution in [1.82, 2.24) is 0 Å². The summed E-state index contributed by atoms with van der Waals surface area (Å²) in [6.45, 7) is 84.5. The summed E-state index contributed by atoms with van der Waals surface area (Å²) in [5.41, 5.74) is 31.4. The molecule has 0 saturated heterocycles. The van der Waals surface area contributed by atoms with Gasteiger partial charge in [0.05, 0.1) is 0 Å². The van der Waals surface area contributed by atoms with Gasteiger partial charge in [-0.3, -0.25) is 0 Å². The lowest BCUT2D eigenvalue weighted by Crippen LogP contribution is -2.25. The SMILES string of the molecule is CC[Si](C)(CC)CC.C[Si](C)(C)C.Cc1cc(C)c(C)c(C)c1.Cc1ccc(C(C)(C)C)cc1C(C)(C)C.Cc1ccc(C)c(C(C)C)c1.Cc1ccc(C)c(C)c1.Cc1ccc(C)cc1.Cc1ccccc1.Cc1ccccc1C.Cc1ccccc1C(C)(C)C.Cc1ccccc1C(C)C. The molecule has 0 amide bonds. The number of hydrogen-bond acceptors (Lipinski definition) is 0. The maximum atomic E-state index is 2.49. The highest BCUT2D eigenvalue weighted by Gasteiger charge is 2.21. The second kappa shape index (κ2) is 48.4. The predicted molar refractivity (Wildman–Crippen MR) is 475 cm³/mol. The fourth-order valence-corrected chi connectivity index (χ4v) is 12.2. The summed E-state index contributed by atoms with van der Waals surface area (Å²) < 4.78 is 0. The summed E-state index contributed by atoms with van der Waals surface area (Å²) in [7, 11) is -1.28. The second-order valence-electron chi connectivity index (χ2n) is 34.5. The zero-order valence-corrected chi connectivity index (χ0v) is 75.3. The van der Waals surface area contributed by atoms with Crippen molar-refractivity contribution >= 4 is 16.1 Å².